The van der Waals surface area contributed by atoms with Crippen molar-refractivity contribution in [3.63, 3.8) is 0 Å². The first-order valence-corrected chi connectivity index (χ1v) is 6.87. The summed E-state index contributed by atoms with van der Waals surface area (Å²) in [6.07, 6.45) is -4.30. The number of nitrogens with zero attached hydrogens (tertiary/aromatic N) is 2. The fourth-order valence-corrected chi connectivity index (χ4v) is 3.75. The number of amides is 1. The molecule has 2 aliphatic rings. The Morgan fingerprint density at radius 2 is 2.00 bits per heavy atom. The quantitative estimate of drug-likeness (QED) is 0.758. The minimum atomic E-state index is -4.36. The number of hydrogen-bond acceptors (Lipinski definition) is 3. The maximum Gasteiger partial charge on any atom is 0.407 e. The van der Waals surface area contributed by atoms with Crippen molar-refractivity contribution in [1.82, 2.24) is 4.90 Å². The molecule has 0 aromatic rings. The van der Waals surface area contributed by atoms with Crippen molar-refractivity contribution in [2.75, 3.05) is 20.2 Å². The highest BCUT2D eigenvalue weighted by molar-refractivity contribution is 5.95. The lowest BCUT2D eigenvalue weighted by Crippen LogP contribution is -2.46. The molecule has 1 aliphatic carbocycles. The standard InChI is InChI=1S/C13H19F3N2O3/c1-8-7-12(3-5-18(6-4-12)11(19)20)10(17-21-2)9(8)13(14,15)16/h8-9H,3-7H2,1-2H3,(H,19,20)/b17-10-. The number of halogens is 3. The summed E-state index contributed by atoms with van der Waals surface area (Å²) in [4.78, 5) is 16.8. The molecule has 2 rings (SSSR count). The molecule has 1 spiro atoms. The van der Waals surface area contributed by atoms with Crippen molar-refractivity contribution < 1.29 is 27.9 Å². The molecule has 0 aromatic carbocycles. The molecular formula is C13H19F3N2O3. The van der Waals surface area contributed by atoms with Gasteiger partial charge in [-0.2, -0.15) is 13.2 Å². The lowest BCUT2D eigenvalue weighted by molar-refractivity contribution is -0.163. The van der Waals surface area contributed by atoms with Gasteiger partial charge in [0, 0.05) is 18.5 Å². The van der Waals surface area contributed by atoms with Gasteiger partial charge in [0.15, 0.2) is 0 Å². The monoisotopic (exact) mass is 308 g/mol. The molecule has 1 N–H and O–H groups in total. The van der Waals surface area contributed by atoms with Gasteiger partial charge in [0.05, 0.1) is 11.6 Å². The second-order valence-electron chi connectivity index (χ2n) is 5.91. The Kier molecular flexibility index (Phi) is 4.08. The lowest BCUT2D eigenvalue weighted by Gasteiger charge is -2.38. The van der Waals surface area contributed by atoms with E-state index in [4.69, 9.17) is 5.11 Å². The summed E-state index contributed by atoms with van der Waals surface area (Å²) in [5.74, 6) is -2.18. The van der Waals surface area contributed by atoms with E-state index in [1.54, 1.807) is 6.92 Å². The Morgan fingerprint density at radius 3 is 2.43 bits per heavy atom. The van der Waals surface area contributed by atoms with Crippen molar-refractivity contribution in [2.24, 2.45) is 22.4 Å². The van der Waals surface area contributed by atoms with E-state index in [1.807, 2.05) is 0 Å². The summed E-state index contributed by atoms with van der Waals surface area (Å²) in [5, 5.41) is 12.7. The number of oxime groups is 1. The van der Waals surface area contributed by atoms with Crippen LogP contribution in [0.3, 0.4) is 0 Å². The normalized spacial score (nSPS) is 30.9. The van der Waals surface area contributed by atoms with E-state index in [1.165, 1.54) is 12.0 Å². The third kappa shape index (κ3) is 2.80. The predicted molar refractivity (Wildman–Crippen MR) is 69.0 cm³/mol. The average Bonchev–Trinajstić information content (AvgIpc) is 2.62. The molecule has 5 nitrogen and oxygen atoms in total. The van der Waals surface area contributed by atoms with Crippen LogP contribution in [0, 0.1) is 17.3 Å². The van der Waals surface area contributed by atoms with Gasteiger partial charge in [-0.25, -0.2) is 4.79 Å². The zero-order valence-corrected chi connectivity index (χ0v) is 12.0. The second kappa shape index (κ2) is 5.38. The molecule has 21 heavy (non-hydrogen) atoms. The third-order valence-electron chi connectivity index (χ3n) is 4.65. The minimum Gasteiger partial charge on any atom is -0.465 e. The van der Waals surface area contributed by atoms with Crippen LogP contribution in [0.4, 0.5) is 18.0 Å². The van der Waals surface area contributed by atoms with Gasteiger partial charge in [-0.15, -0.1) is 0 Å². The SMILES string of the molecule is CO/N=C1/C(C(F)(F)F)C(C)CC12CCN(C(=O)O)CC2. The van der Waals surface area contributed by atoms with E-state index >= 15 is 0 Å². The van der Waals surface area contributed by atoms with Gasteiger partial charge in [0.25, 0.3) is 0 Å². The number of piperidine rings is 1. The van der Waals surface area contributed by atoms with Gasteiger partial charge >= 0.3 is 12.3 Å². The fraction of sp³-hybridized carbons (Fsp3) is 0.846. The zero-order chi connectivity index (χ0) is 15.8. The summed E-state index contributed by atoms with van der Waals surface area (Å²) >= 11 is 0. The van der Waals surface area contributed by atoms with Crippen LogP contribution in [-0.2, 0) is 4.84 Å². The van der Waals surface area contributed by atoms with Gasteiger partial charge in [-0.3, -0.25) is 0 Å². The highest BCUT2D eigenvalue weighted by Gasteiger charge is 2.60. The second-order valence-corrected chi connectivity index (χ2v) is 5.91. The maximum atomic E-state index is 13.3. The Bertz CT molecular complexity index is 442. The first-order valence-electron chi connectivity index (χ1n) is 6.87. The van der Waals surface area contributed by atoms with Crippen molar-refractivity contribution in [3.8, 4) is 0 Å². The predicted octanol–water partition coefficient (Wildman–Crippen LogP) is 2.97. The Hall–Kier alpha value is -1.47. The van der Waals surface area contributed by atoms with E-state index in [0.717, 1.165) is 0 Å². The first kappa shape index (κ1) is 15.9. The van der Waals surface area contributed by atoms with Gasteiger partial charge in [0.1, 0.15) is 7.11 Å². The molecule has 0 aromatic heterocycles. The molecule has 0 radical (unpaired) electrons. The third-order valence-corrected chi connectivity index (χ3v) is 4.65. The van der Waals surface area contributed by atoms with Crippen LogP contribution in [0.1, 0.15) is 26.2 Å². The van der Waals surface area contributed by atoms with E-state index in [0.29, 0.717) is 19.3 Å². The van der Waals surface area contributed by atoms with Crippen molar-refractivity contribution in [3.05, 3.63) is 0 Å². The summed E-state index contributed by atoms with van der Waals surface area (Å²) in [7, 11) is 1.24. The Balaban J connectivity index is 2.28. The molecule has 1 aliphatic heterocycles. The minimum absolute atomic E-state index is 0.0371. The molecule has 8 heteroatoms. The van der Waals surface area contributed by atoms with Crippen LogP contribution in [-0.4, -0.2) is 48.2 Å². The number of likely N-dealkylation sites (tertiary alicyclic amines) is 1. The zero-order valence-electron chi connectivity index (χ0n) is 12.0. The van der Waals surface area contributed by atoms with Gasteiger partial charge in [-0.05, 0) is 25.2 Å². The van der Waals surface area contributed by atoms with Crippen LogP contribution in [0.5, 0.6) is 0 Å². The molecule has 1 amide bonds. The highest BCUT2D eigenvalue weighted by atomic mass is 19.4. The molecule has 120 valence electrons. The number of hydrogen-bond donors (Lipinski definition) is 1. The fourth-order valence-electron chi connectivity index (χ4n) is 3.75. The van der Waals surface area contributed by atoms with Crippen LogP contribution in [0.15, 0.2) is 5.16 Å². The number of carboxylic acid groups (broad SMARTS) is 1. The molecule has 2 unspecified atom stereocenters. The number of rotatable bonds is 1. The smallest absolute Gasteiger partial charge is 0.407 e. The Morgan fingerprint density at radius 1 is 1.43 bits per heavy atom. The summed E-state index contributed by atoms with van der Waals surface area (Å²) in [6, 6.07) is 0. The van der Waals surface area contributed by atoms with Crippen molar-refractivity contribution in [2.45, 2.75) is 32.4 Å². The van der Waals surface area contributed by atoms with E-state index in [9.17, 15) is 18.0 Å². The van der Waals surface area contributed by atoms with Gasteiger partial charge in [0.2, 0.25) is 0 Å². The van der Waals surface area contributed by atoms with E-state index in [2.05, 4.69) is 9.99 Å². The number of carbonyl (C=O) groups is 1. The summed E-state index contributed by atoms with van der Waals surface area (Å²) in [6.45, 7) is 2.03. The van der Waals surface area contributed by atoms with Crippen LogP contribution < -0.4 is 0 Å². The summed E-state index contributed by atoms with van der Waals surface area (Å²) in [5.41, 5.74) is -0.656. The van der Waals surface area contributed by atoms with Gasteiger partial charge < -0.3 is 14.8 Å². The highest BCUT2D eigenvalue weighted by Crippen LogP contribution is 2.54. The molecule has 0 bridgehead atoms. The van der Waals surface area contributed by atoms with Crippen LogP contribution >= 0.6 is 0 Å². The molecule has 1 heterocycles. The maximum absolute atomic E-state index is 13.3. The van der Waals surface area contributed by atoms with E-state index < -0.39 is 29.5 Å². The number of alkyl halides is 3. The lowest BCUT2D eigenvalue weighted by atomic mass is 9.74. The largest absolute Gasteiger partial charge is 0.465 e. The van der Waals surface area contributed by atoms with Crippen LogP contribution in [0.2, 0.25) is 0 Å². The summed E-state index contributed by atoms with van der Waals surface area (Å²) < 4.78 is 39.9. The van der Waals surface area contributed by atoms with Crippen molar-refractivity contribution in [1.29, 1.82) is 0 Å². The Labute approximate surface area is 120 Å². The first-order chi connectivity index (χ1) is 9.71. The molecule has 2 fully saturated rings. The topological polar surface area (TPSA) is 62.1 Å². The van der Waals surface area contributed by atoms with Crippen molar-refractivity contribution >= 4 is 11.8 Å². The molecular weight excluding hydrogens is 289 g/mol. The van der Waals surface area contributed by atoms with Gasteiger partial charge in [-0.1, -0.05) is 12.1 Å². The molecule has 1 saturated carbocycles. The molecule has 2 atom stereocenters. The molecule has 1 saturated heterocycles. The average molecular weight is 308 g/mol. The van der Waals surface area contributed by atoms with E-state index in [-0.39, 0.29) is 18.8 Å². The van der Waals surface area contributed by atoms with Crippen LogP contribution in [0.25, 0.3) is 0 Å².